The van der Waals surface area contributed by atoms with E-state index in [0.29, 0.717) is 6.04 Å². The monoisotopic (exact) mass is 323 g/mol. The average Bonchev–Trinajstić information content (AvgIpc) is 2.34. The number of hydrogen-bond donors (Lipinski definition) is 1. The lowest BCUT2D eigenvalue weighted by Crippen LogP contribution is -2.54. The van der Waals surface area contributed by atoms with Crippen molar-refractivity contribution >= 4 is 15.9 Å². The van der Waals surface area contributed by atoms with Gasteiger partial charge in [0.2, 0.25) is 0 Å². The first-order valence-corrected chi connectivity index (χ1v) is 7.98. The predicted molar refractivity (Wildman–Crippen MR) is 81.5 cm³/mol. The van der Waals surface area contributed by atoms with E-state index in [1.165, 1.54) is 18.4 Å². The van der Waals surface area contributed by atoms with E-state index in [2.05, 4.69) is 53.3 Å². The van der Waals surface area contributed by atoms with E-state index in [4.69, 9.17) is 4.74 Å². The number of fused-ring (bicyclic) bond motifs is 1. The molecule has 1 aliphatic carbocycles. The van der Waals surface area contributed by atoms with Crippen LogP contribution in [0.2, 0.25) is 0 Å². The summed E-state index contributed by atoms with van der Waals surface area (Å²) >= 11 is 3.55. The summed E-state index contributed by atoms with van der Waals surface area (Å²) < 4.78 is 7.49. The van der Waals surface area contributed by atoms with Gasteiger partial charge in [-0.15, -0.1) is 0 Å². The van der Waals surface area contributed by atoms with Gasteiger partial charge >= 0.3 is 0 Å². The summed E-state index contributed by atoms with van der Waals surface area (Å²) in [4.78, 5) is 0. The Kier molecular flexibility index (Phi) is 3.38. The highest BCUT2D eigenvalue weighted by atomic mass is 79.9. The van der Waals surface area contributed by atoms with Crippen LogP contribution in [-0.2, 0) is 0 Å². The second kappa shape index (κ2) is 4.78. The quantitative estimate of drug-likeness (QED) is 0.876. The van der Waals surface area contributed by atoms with Crippen molar-refractivity contribution in [3.63, 3.8) is 0 Å². The molecular formula is C16H22BrNO. The average molecular weight is 324 g/mol. The van der Waals surface area contributed by atoms with E-state index in [-0.39, 0.29) is 5.60 Å². The van der Waals surface area contributed by atoms with Gasteiger partial charge in [0.1, 0.15) is 11.4 Å². The largest absolute Gasteiger partial charge is 0.487 e. The Morgan fingerprint density at radius 2 is 2.05 bits per heavy atom. The van der Waals surface area contributed by atoms with Crippen LogP contribution in [-0.4, -0.2) is 12.6 Å². The van der Waals surface area contributed by atoms with Crippen LogP contribution >= 0.6 is 15.9 Å². The zero-order valence-electron chi connectivity index (χ0n) is 11.9. The summed E-state index contributed by atoms with van der Waals surface area (Å²) in [7, 11) is 2.05. The van der Waals surface area contributed by atoms with Crippen molar-refractivity contribution in [3.05, 3.63) is 28.2 Å². The second-order valence-corrected chi connectivity index (χ2v) is 7.34. The Morgan fingerprint density at radius 3 is 2.68 bits per heavy atom. The zero-order valence-corrected chi connectivity index (χ0v) is 13.5. The Bertz CT molecular complexity index is 480. The lowest BCUT2D eigenvalue weighted by Gasteiger charge is -2.53. The predicted octanol–water partition coefficient (Wildman–Crippen LogP) is 4.30. The van der Waals surface area contributed by atoms with E-state index in [1.807, 2.05) is 7.05 Å². The van der Waals surface area contributed by atoms with Crippen molar-refractivity contribution in [2.24, 2.45) is 11.8 Å². The number of ether oxygens (including phenoxy) is 1. The Balaban J connectivity index is 1.85. The molecule has 1 heterocycles. The molecular weight excluding hydrogens is 302 g/mol. The third-order valence-electron chi connectivity index (χ3n) is 4.81. The third kappa shape index (κ3) is 2.31. The molecule has 1 aromatic rings. The van der Waals surface area contributed by atoms with Crippen molar-refractivity contribution in [1.29, 1.82) is 0 Å². The number of benzene rings is 1. The number of rotatable bonds is 2. The minimum absolute atomic E-state index is 0.0867. The van der Waals surface area contributed by atoms with Gasteiger partial charge in [0.05, 0.1) is 0 Å². The van der Waals surface area contributed by atoms with Gasteiger partial charge in [-0.2, -0.15) is 0 Å². The maximum Gasteiger partial charge on any atom is 0.125 e. The molecule has 3 rings (SSSR count). The van der Waals surface area contributed by atoms with Crippen LogP contribution in [0.1, 0.15) is 44.7 Å². The summed E-state index contributed by atoms with van der Waals surface area (Å²) in [5.74, 6) is 2.67. The number of halogens is 1. The Labute approximate surface area is 124 Å². The zero-order chi connectivity index (χ0) is 13.6. The van der Waals surface area contributed by atoms with E-state index < -0.39 is 0 Å². The molecule has 1 spiro atoms. The van der Waals surface area contributed by atoms with Crippen LogP contribution in [0.25, 0.3) is 0 Å². The molecule has 1 aliphatic heterocycles. The van der Waals surface area contributed by atoms with Crippen LogP contribution in [0.15, 0.2) is 22.7 Å². The van der Waals surface area contributed by atoms with E-state index in [0.717, 1.165) is 28.5 Å². The number of nitrogens with one attached hydrogen (secondary N) is 1. The molecule has 0 saturated heterocycles. The van der Waals surface area contributed by atoms with Crippen LogP contribution in [0.4, 0.5) is 0 Å². The maximum absolute atomic E-state index is 6.36. The fraction of sp³-hybridized carbons (Fsp3) is 0.625. The summed E-state index contributed by atoms with van der Waals surface area (Å²) in [6, 6.07) is 6.77. The van der Waals surface area contributed by atoms with Crippen molar-refractivity contribution in [1.82, 2.24) is 5.32 Å². The van der Waals surface area contributed by atoms with Crippen molar-refractivity contribution < 1.29 is 4.74 Å². The first-order chi connectivity index (χ1) is 9.03. The molecule has 1 aromatic carbocycles. The van der Waals surface area contributed by atoms with Gasteiger partial charge in [-0.05, 0) is 49.9 Å². The van der Waals surface area contributed by atoms with Gasteiger partial charge in [-0.25, -0.2) is 0 Å². The summed E-state index contributed by atoms with van der Waals surface area (Å²) in [5.41, 5.74) is 1.37. The first-order valence-electron chi connectivity index (χ1n) is 7.19. The second-order valence-electron chi connectivity index (χ2n) is 6.42. The molecule has 0 aromatic heterocycles. The van der Waals surface area contributed by atoms with E-state index in [1.54, 1.807) is 0 Å². The smallest absolute Gasteiger partial charge is 0.125 e. The lowest BCUT2D eigenvalue weighted by molar-refractivity contribution is -0.0868. The molecule has 1 fully saturated rings. The van der Waals surface area contributed by atoms with Gasteiger partial charge < -0.3 is 10.1 Å². The SMILES string of the molecule is CNC1CC2(CC(C(C)C)C2)Oc2ccc(Br)cc21. The molecule has 1 unspecified atom stereocenters. The molecule has 3 heteroatoms. The molecule has 104 valence electrons. The molecule has 2 nitrogen and oxygen atoms in total. The van der Waals surface area contributed by atoms with Crippen molar-refractivity contribution in [3.8, 4) is 5.75 Å². The molecule has 1 saturated carbocycles. The third-order valence-corrected chi connectivity index (χ3v) is 5.30. The van der Waals surface area contributed by atoms with Gasteiger partial charge in [-0.3, -0.25) is 0 Å². The fourth-order valence-corrected chi connectivity index (χ4v) is 3.90. The van der Waals surface area contributed by atoms with Gasteiger partial charge in [0, 0.05) is 22.5 Å². The number of hydrogen-bond acceptors (Lipinski definition) is 2. The molecule has 0 bridgehead atoms. The van der Waals surface area contributed by atoms with Crippen LogP contribution in [0.3, 0.4) is 0 Å². The van der Waals surface area contributed by atoms with E-state index >= 15 is 0 Å². The molecule has 2 aliphatic rings. The highest BCUT2D eigenvalue weighted by Crippen LogP contribution is 2.53. The minimum atomic E-state index is 0.0867. The molecule has 1 atom stereocenters. The van der Waals surface area contributed by atoms with Crippen LogP contribution < -0.4 is 10.1 Å². The lowest BCUT2D eigenvalue weighted by atomic mass is 9.62. The molecule has 0 amide bonds. The highest BCUT2D eigenvalue weighted by molar-refractivity contribution is 9.10. The fourth-order valence-electron chi connectivity index (χ4n) is 3.52. The summed E-state index contributed by atoms with van der Waals surface area (Å²) in [5, 5.41) is 3.45. The first kappa shape index (κ1) is 13.4. The van der Waals surface area contributed by atoms with Gasteiger partial charge in [0.15, 0.2) is 0 Å². The standard InChI is InChI=1S/C16H22BrNO/c1-10(2)11-7-16(8-11)9-14(18-3)13-6-12(17)4-5-15(13)19-16/h4-6,10-11,14,18H,7-9H2,1-3H3. The summed E-state index contributed by atoms with van der Waals surface area (Å²) in [6.45, 7) is 4.64. The molecule has 0 radical (unpaired) electrons. The van der Waals surface area contributed by atoms with Crippen LogP contribution in [0.5, 0.6) is 5.75 Å². The van der Waals surface area contributed by atoms with E-state index in [9.17, 15) is 0 Å². The minimum Gasteiger partial charge on any atom is -0.487 e. The van der Waals surface area contributed by atoms with Crippen molar-refractivity contribution in [2.45, 2.75) is 44.8 Å². The maximum atomic E-state index is 6.36. The normalized spacial score (nSPS) is 32.9. The van der Waals surface area contributed by atoms with Crippen molar-refractivity contribution in [2.75, 3.05) is 7.05 Å². The topological polar surface area (TPSA) is 21.3 Å². The molecule has 19 heavy (non-hydrogen) atoms. The van der Waals surface area contributed by atoms with Gasteiger partial charge in [0.25, 0.3) is 0 Å². The molecule has 1 N–H and O–H groups in total. The van der Waals surface area contributed by atoms with Gasteiger partial charge in [-0.1, -0.05) is 29.8 Å². The van der Waals surface area contributed by atoms with Crippen LogP contribution in [0, 0.1) is 11.8 Å². The Morgan fingerprint density at radius 1 is 1.32 bits per heavy atom. The Hall–Kier alpha value is -0.540. The highest BCUT2D eigenvalue weighted by Gasteiger charge is 2.51. The summed E-state index contributed by atoms with van der Waals surface area (Å²) in [6.07, 6.45) is 3.51.